The highest BCUT2D eigenvalue weighted by atomic mass is 16.2. The summed E-state index contributed by atoms with van der Waals surface area (Å²) < 4.78 is 0. The summed E-state index contributed by atoms with van der Waals surface area (Å²) in [4.78, 5) is 24.6. The van der Waals surface area contributed by atoms with Crippen LogP contribution in [-0.4, -0.2) is 17.2 Å². The molecule has 23 heavy (non-hydrogen) atoms. The van der Waals surface area contributed by atoms with Crippen LogP contribution in [0.2, 0.25) is 0 Å². The molecule has 2 rings (SSSR count). The van der Waals surface area contributed by atoms with Crippen molar-refractivity contribution in [2.75, 3.05) is 0 Å². The Balaban J connectivity index is 2.41. The number of hydrogen-bond donors (Lipinski definition) is 1. The van der Waals surface area contributed by atoms with Gasteiger partial charge < -0.3 is 5.32 Å². The predicted molar refractivity (Wildman–Crippen MR) is 94.0 cm³/mol. The zero-order chi connectivity index (χ0) is 17.6. The van der Waals surface area contributed by atoms with Crippen LogP contribution in [-0.2, 0) is 15.6 Å². The number of fused-ring (bicyclic) bond motifs is 1. The summed E-state index contributed by atoms with van der Waals surface area (Å²) in [5.74, 6) is -0.993. The molecule has 0 aliphatic heterocycles. The molecule has 126 valence electrons. The maximum atomic E-state index is 12.5. The summed E-state index contributed by atoms with van der Waals surface area (Å²) in [6.07, 6.45) is 2.21. The zero-order valence-electron chi connectivity index (χ0n) is 15.5. The molecular weight excluding hydrogens is 286 g/mol. The minimum atomic E-state index is -0.537. The van der Waals surface area contributed by atoms with E-state index < -0.39 is 17.2 Å². The summed E-state index contributed by atoms with van der Waals surface area (Å²) in [6, 6.07) is 5.77. The molecule has 3 heteroatoms. The molecule has 0 atom stereocenters. The van der Waals surface area contributed by atoms with E-state index in [1.165, 1.54) is 11.1 Å². The molecule has 0 aromatic heterocycles. The van der Waals surface area contributed by atoms with Crippen molar-refractivity contribution in [1.82, 2.24) is 5.32 Å². The summed E-state index contributed by atoms with van der Waals surface area (Å²) >= 11 is 0. The van der Waals surface area contributed by atoms with Gasteiger partial charge in [-0.05, 0) is 61.6 Å². The van der Waals surface area contributed by atoms with Crippen molar-refractivity contribution in [3.05, 3.63) is 34.9 Å². The van der Waals surface area contributed by atoms with E-state index in [4.69, 9.17) is 0 Å². The number of nitrogens with one attached hydrogen (secondary N) is 1. The number of Topliss-reactive ketones (excluding diaryl/α,β-unsaturated/α-hetero) is 1. The Morgan fingerprint density at radius 1 is 0.957 bits per heavy atom. The Kier molecular flexibility index (Phi) is 4.21. The van der Waals surface area contributed by atoms with Gasteiger partial charge in [0.05, 0.1) is 0 Å². The van der Waals surface area contributed by atoms with E-state index in [0.717, 1.165) is 12.8 Å². The van der Waals surface area contributed by atoms with Gasteiger partial charge in [-0.1, -0.05) is 39.8 Å². The molecule has 1 aromatic rings. The Morgan fingerprint density at radius 3 is 2.00 bits per heavy atom. The molecule has 0 bridgehead atoms. The van der Waals surface area contributed by atoms with Gasteiger partial charge in [0, 0.05) is 11.1 Å². The average Bonchev–Trinajstić information content (AvgIpc) is 2.41. The number of carbonyl (C=O) groups is 2. The van der Waals surface area contributed by atoms with Crippen LogP contribution in [0, 0.1) is 0 Å². The number of hydrogen-bond acceptors (Lipinski definition) is 2. The van der Waals surface area contributed by atoms with Crippen molar-refractivity contribution >= 4 is 11.7 Å². The van der Waals surface area contributed by atoms with Gasteiger partial charge >= 0.3 is 0 Å². The largest absolute Gasteiger partial charge is 0.345 e. The first kappa shape index (κ1) is 17.7. The van der Waals surface area contributed by atoms with E-state index >= 15 is 0 Å². The fourth-order valence-electron chi connectivity index (χ4n) is 3.26. The molecule has 1 N–H and O–H groups in total. The van der Waals surface area contributed by atoms with Crippen molar-refractivity contribution in [3.63, 3.8) is 0 Å². The third-order valence-electron chi connectivity index (χ3n) is 4.81. The third-order valence-corrected chi connectivity index (χ3v) is 4.81. The Morgan fingerprint density at radius 2 is 1.48 bits per heavy atom. The van der Waals surface area contributed by atoms with Crippen LogP contribution < -0.4 is 5.32 Å². The maximum Gasteiger partial charge on any atom is 0.292 e. The van der Waals surface area contributed by atoms with Crippen LogP contribution in [0.1, 0.15) is 82.8 Å². The molecule has 1 aliphatic rings. The van der Waals surface area contributed by atoms with Crippen LogP contribution in [0.3, 0.4) is 0 Å². The lowest BCUT2D eigenvalue weighted by atomic mass is 9.63. The van der Waals surface area contributed by atoms with Crippen LogP contribution in [0.5, 0.6) is 0 Å². The van der Waals surface area contributed by atoms with E-state index in [1.54, 1.807) is 6.07 Å². The number of ketones is 1. The van der Waals surface area contributed by atoms with Gasteiger partial charge in [0.25, 0.3) is 5.91 Å². The average molecular weight is 315 g/mol. The van der Waals surface area contributed by atoms with Gasteiger partial charge in [0.1, 0.15) is 0 Å². The fourth-order valence-corrected chi connectivity index (χ4v) is 3.26. The van der Waals surface area contributed by atoms with E-state index in [0.29, 0.717) is 5.56 Å². The SMILES string of the molecule is CC(C)(C)NC(=O)C(=O)c1ccc2c(c1)C(C)(C)CCC2(C)C. The third kappa shape index (κ3) is 3.65. The molecule has 0 unspecified atom stereocenters. The second-order valence-electron chi connectivity index (χ2n) is 9.06. The summed E-state index contributed by atoms with van der Waals surface area (Å²) in [7, 11) is 0. The first-order chi connectivity index (χ1) is 10.3. The lowest BCUT2D eigenvalue weighted by molar-refractivity contribution is -0.118. The van der Waals surface area contributed by atoms with Gasteiger partial charge in [-0.2, -0.15) is 0 Å². The van der Waals surface area contributed by atoms with E-state index in [2.05, 4.69) is 33.0 Å². The van der Waals surface area contributed by atoms with Crippen LogP contribution >= 0.6 is 0 Å². The van der Waals surface area contributed by atoms with Gasteiger partial charge in [0.15, 0.2) is 0 Å². The molecular formula is C20H29NO2. The molecule has 0 spiro atoms. The van der Waals surface area contributed by atoms with Crippen LogP contribution in [0.25, 0.3) is 0 Å². The molecule has 1 amide bonds. The molecule has 0 radical (unpaired) electrons. The summed E-state index contributed by atoms with van der Waals surface area (Å²) in [6.45, 7) is 14.5. The monoisotopic (exact) mass is 315 g/mol. The smallest absolute Gasteiger partial charge is 0.292 e. The first-order valence-corrected chi connectivity index (χ1v) is 8.35. The van der Waals surface area contributed by atoms with Crippen molar-refractivity contribution in [2.24, 2.45) is 0 Å². The molecule has 0 fully saturated rings. The number of rotatable bonds is 2. The van der Waals surface area contributed by atoms with Gasteiger partial charge in [0.2, 0.25) is 5.78 Å². The Bertz CT molecular complexity index is 648. The Labute approximate surface area is 139 Å². The summed E-state index contributed by atoms with van der Waals surface area (Å²) in [5.41, 5.74) is 2.70. The summed E-state index contributed by atoms with van der Waals surface area (Å²) in [5, 5.41) is 2.75. The second-order valence-corrected chi connectivity index (χ2v) is 9.06. The molecule has 0 saturated heterocycles. The topological polar surface area (TPSA) is 46.2 Å². The minimum absolute atomic E-state index is 0.0294. The predicted octanol–water partition coefficient (Wildman–Crippen LogP) is 4.13. The van der Waals surface area contributed by atoms with Crippen molar-refractivity contribution in [2.45, 2.75) is 77.7 Å². The highest BCUT2D eigenvalue weighted by molar-refractivity contribution is 6.43. The molecule has 3 nitrogen and oxygen atoms in total. The van der Waals surface area contributed by atoms with Gasteiger partial charge in [-0.3, -0.25) is 9.59 Å². The lowest BCUT2D eigenvalue weighted by Gasteiger charge is -2.42. The second kappa shape index (κ2) is 5.47. The Hall–Kier alpha value is -1.64. The van der Waals surface area contributed by atoms with Gasteiger partial charge in [-0.15, -0.1) is 0 Å². The van der Waals surface area contributed by atoms with Crippen LogP contribution in [0.4, 0.5) is 0 Å². The van der Waals surface area contributed by atoms with Crippen LogP contribution in [0.15, 0.2) is 18.2 Å². The quantitative estimate of drug-likeness (QED) is 0.659. The zero-order valence-corrected chi connectivity index (χ0v) is 15.5. The number of carbonyl (C=O) groups excluding carboxylic acids is 2. The standard InChI is InChI=1S/C20H29NO2/c1-18(2,3)21-17(23)16(22)13-8-9-14-15(12-13)20(6,7)11-10-19(14,4)5/h8-9,12H,10-11H2,1-7H3,(H,21,23). The van der Waals surface area contributed by atoms with E-state index in [9.17, 15) is 9.59 Å². The lowest BCUT2D eigenvalue weighted by Crippen LogP contribution is -2.44. The van der Waals surface area contributed by atoms with Crippen molar-refractivity contribution in [1.29, 1.82) is 0 Å². The van der Waals surface area contributed by atoms with E-state index in [-0.39, 0.29) is 10.8 Å². The molecule has 1 aromatic carbocycles. The van der Waals surface area contributed by atoms with E-state index in [1.807, 2.05) is 32.9 Å². The fraction of sp³-hybridized carbons (Fsp3) is 0.600. The van der Waals surface area contributed by atoms with Crippen molar-refractivity contribution < 1.29 is 9.59 Å². The maximum absolute atomic E-state index is 12.5. The number of benzene rings is 1. The highest BCUT2D eigenvalue weighted by Gasteiger charge is 2.37. The van der Waals surface area contributed by atoms with Gasteiger partial charge in [-0.25, -0.2) is 0 Å². The normalized spacial score (nSPS) is 18.9. The molecule has 0 heterocycles. The highest BCUT2D eigenvalue weighted by Crippen LogP contribution is 2.45. The molecule has 1 aliphatic carbocycles. The number of amides is 1. The molecule has 0 saturated carbocycles. The minimum Gasteiger partial charge on any atom is -0.345 e. The van der Waals surface area contributed by atoms with Crippen molar-refractivity contribution in [3.8, 4) is 0 Å². The first-order valence-electron chi connectivity index (χ1n) is 8.35.